The summed E-state index contributed by atoms with van der Waals surface area (Å²) in [6.45, 7) is 0.766. The molecule has 1 fully saturated rings. The minimum Gasteiger partial charge on any atom is -0.273 e. The Labute approximate surface area is 145 Å². The Morgan fingerprint density at radius 3 is 2.88 bits per heavy atom. The van der Waals surface area contributed by atoms with Gasteiger partial charge in [0.05, 0.1) is 12.2 Å². The molecule has 1 aliphatic rings. The fourth-order valence-electron chi connectivity index (χ4n) is 3.42. The molecule has 5 heteroatoms. The predicted molar refractivity (Wildman–Crippen MR) is 97.2 cm³/mol. The summed E-state index contributed by atoms with van der Waals surface area (Å²) in [6, 6.07) is 12.8. The van der Waals surface area contributed by atoms with Crippen molar-refractivity contribution in [3.8, 4) is 11.3 Å². The summed E-state index contributed by atoms with van der Waals surface area (Å²) in [6.07, 6.45) is 8.42. The highest BCUT2D eigenvalue weighted by Crippen LogP contribution is 2.43. The van der Waals surface area contributed by atoms with Crippen LogP contribution in [0.5, 0.6) is 0 Å². The molecule has 1 saturated carbocycles. The lowest BCUT2D eigenvalue weighted by molar-refractivity contribution is 0.687. The molecule has 0 unspecified atom stereocenters. The van der Waals surface area contributed by atoms with Crippen LogP contribution in [0, 0.1) is 0 Å². The highest BCUT2D eigenvalue weighted by atomic mass is 15.3. The van der Waals surface area contributed by atoms with Crippen LogP contribution in [-0.2, 0) is 13.6 Å². The van der Waals surface area contributed by atoms with Crippen molar-refractivity contribution in [3.05, 3.63) is 66.1 Å². The average Bonchev–Trinajstić information content (AvgIpc) is 3.20. The number of hydrogen-bond acceptors (Lipinski definition) is 3. The van der Waals surface area contributed by atoms with Crippen molar-refractivity contribution in [2.24, 2.45) is 7.05 Å². The van der Waals surface area contributed by atoms with Gasteiger partial charge in [-0.3, -0.25) is 9.36 Å². The lowest BCUT2D eigenvalue weighted by Gasteiger charge is -2.08. The molecule has 0 radical (unpaired) electrons. The third-order valence-electron chi connectivity index (χ3n) is 4.78. The molecule has 0 bridgehead atoms. The van der Waals surface area contributed by atoms with E-state index in [0.717, 1.165) is 23.4 Å². The largest absolute Gasteiger partial charge is 0.273 e. The maximum atomic E-state index is 4.82. The second kappa shape index (κ2) is 5.55. The van der Waals surface area contributed by atoms with Gasteiger partial charge in [-0.2, -0.15) is 10.2 Å². The smallest absolute Gasteiger partial charge is 0.181 e. The number of aromatic nitrogens is 5. The summed E-state index contributed by atoms with van der Waals surface area (Å²) in [7, 11) is 1.96. The van der Waals surface area contributed by atoms with Crippen LogP contribution in [0.15, 0.2) is 55.0 Å². The average molecular weight is 329 g/mol. The molecule has 0 amide bonds. The lowest BCUT2D eigenvalue weighted by atomic mass is 10.0. The first kappa shape index (κ1) is 14.4. The Morgan fingerprint density at radius 2 is 2.08 bits per heavy atom. The molecule has 0 saturated heterocycles. The van der Waals surface area contributed by atoms with Gasteiger partial charge < -0.3 is 0 Å². The van der Waals surface area contributed by atoms with Crippen molar-refractivity contribution >= 4 is 11.0 Å². The predicted octanol–water partition coefficient (Wildman–Crippen LogP) is 3.76. The van der Waals surface area contributed by atoms with Crippen LogP contribution in [-0.4, -0.2) is 24.5 Å². The molecular weight excluding hydrogens is 310 g/mol. The highest BCUT2D eigenvalue weighted by molar-refractivity contribution is 5.83. The summed E-state index contributed by atoms with van der Waals surface area (Å²) in [4.78, 5) is 4.82. The summed E-state index contributed by atoms with van der Waals surface area (Å²) in [5.41, 5.74) is 5.61. The fraction of sp³-hybridized carbons (Fsp3) is 0.250. The Bertz CT molecular complexity index is 1040. The van der Waals surface area contributed by atoms with Gasteiger partial charge >= 0.3 is 0 Å². The maximum Gasteiger partial charge on any atom is 0.181 e. The van der Waals surface area contributed by atoms with E-state index in [9.17, 15) is 0 Å². The molecule has 5 nitrogen and oxygen atoms in total. The first-order valence-corrected chi connectivity index (χ1v) is 8.67. The number of pyridine rings is 1. The normalized spacial score (nSPS) is 14.3. The van der Waals surface area contributed by atoms with Gasteiger partial charge in [-0.05, 0) is 48.1 Å². The number of hydrogen-bond donors (Lipinski definition) is 0. The molecule has 5 rings (SSSR count). The quantitative estimate of drug-likeness (QED) is 0.573. The molecule has 0 atom stereocenters. The topological polar surface area (TPSA) is 48.5 Å². The Hall–Kier alpha value is -2.95. The second-order valence-electron chi connectivity index (χ2n) is 6.82. The summed E-state index contributed by atoms with van der Waals surface area (Å²) in [5, 5.41) is 10.0. The van der Waals surface area contributed by atoms with Crippen LogP contribution >= 0.6 is 0 Å². The first-order valence-electron chi connectivity index (χ1n) is 8.67. The van der Waals surface area contributed by atoms with Crippen molar-refractivity contribution < 1.29 is 0 Å². The Balaban J connectivity index is 1.58. The van der Waals surface area contributed by atoms with Gasteiger partial charge in [-0.25, -0.2) is 4.98 Å². The van der Waals surface area contributed by atoms with Gasteiger partial charge in [0.15, 0.2) is 5.65 Å². The third-order valence-corrected chi connectivity index (χ3v) is 4.78. The molecular formula is C20H19N5. The zero-order valence-corrected chi connectivity index (χ0v) is 14.1. The molecule has 3 aromatic heterocycles. The molecule has 1 aliphatic carbocycles. The number of nitrogens with zero attached hydrogens (tertiary/aromatic N) is 5. The first-order chi connectivity index (χ1) is 12.3. The SMILES string of the molecule is Cn1cc2c(C3CC3)cc(-c3cccc(Cn4cccn4)c3)nc2n1. The monoisotopic (exact) mass is 329 g/mol. The van der Waals surface area contributed by atoms with Crippen LogP contribution in [0.1, 0.15) is 29.9 Å². The minimum atomic E-state index is 0.667. The summed E-state index contributed by atoms with van der Waals surface area (Å²) in [5.74, 6) is 0.667. The van der Waals surface area contributed by atoms with Gasteiger partial charge in [0.1, 0.15) is 0 Å². The van der Waals surface area contributed by atoms with E-state index >= 15 is 0 Å². The van der Waals surface area contributed by atoms with Gasteiger partial charge in [0.25, 0.3) is 0 Å². The van der Waals surface area contributed by atoms with Crippen LogP contribution in [0.2, 0.25) is 0 Å². The third kappa shape index (κ3) is 2.71. The molecule has 1 aromatic carbocycles. The molecule has 0 N–H and O–H groups in total. The van der Waals surface area contributed by atoms with Crippen LogP contribution in [0.3, 0.4) is 0 Å². The van der Waals surface area contributed by atoms with E-state index in [1.54, 1.807) is 0 Å². The van der Waals surface area contributed by atoms with E-state index in [4.69, 9.17) is 4.98 Å². The molecule has 124 valence electrons. The molecule has 25 heavy (non-hydrogen) atoms. The van der Waals surface area contributed by atoms with E-state index < -0.39 is 0 Å². The van der Waals surface area contributed by atoms with E-state index in [2.05, 4.69) is 46.7 Å². The number of benzene rings is 1. The second-order valence-corrected chi connectivity index (χ2v) is 6.82. The van der Waals surface area contributed by atoms with Gasteiger partial charge in [0.2, 0.25) is 0 Å². The highest BCUT2D eigenvalue weighted by Gasteiger charge is 2.27. The summed E-state index contributed by atoms with van der Waals surface area (Å²) < 4.78 is 3.80. The van der Waals surface area contributed by atoms with Crippen LogP contribution in [0.25, 0.3) is 22.3 Å². The van der Waals surface area contributed by atoms with E-state index in [-0.39, 0.29) is 0 Å². The molecule has 0 spiro atoms. The van der Waals surface area contributed by atoms with Crippen LogP contribution in [0.4, 0.5) is 0 Å². The lowest BCUT2D eigenvalue weighted by Crippen LogP contribution is -2.00. The molecule has 3 heterocycles. The Kier molecular flexibility index (Phi) is 3.20. The molecule has 0 aliphatic heterocycles. The molecule has 4 aromatic rings. The number of fused-ring (bicyclic) bond motifs is 1. The maximum absolute atomic E-state index is 4.82. The van der Waals surface area contributed by atoms with Gasteiger partial charge in [0, 0.05) is 36.6 Å². The van der Waals surface area contributed by atoms with Crippen molar-refractivity contribution in [2.75, 3.05) is 0 Å². The zero-order valence-electron chi connectivity index (χ0n) is 14.1. The number of aryl methyl sites for hydroxylation is 1. The zero-order chi connectivity index (χ0) is 16.8. The van der Waals surface area contributed by atoms with Crippen molar-refractivity contribution in [1.29, 1.82) is 0 Å². The van der Waals surface area contributed by atoms with Crippen molar-refractivity contribution in [3.63, 3.8) is 0 Å². The Morgan fingerprint density at radius 1 is 1.16 bits per heavy atom. The van der Waals surface area contributed by atoms with E-state index in [1.165, 1.54) is 29.4 Å². The van der Waals surface area contributed by atoms with Crippen molar-refractivity contribution in [1.82, 2.24) is 24.5 Å². The standard InChI is InChI=1S/C20H19N5/c1-24-13-18-17(15-6-7-15)11-19(22-20(18)23-24)16-5-2-4-14(10-16)12-25-9-3-8-21-25/h2-5,8-11,13,15H,6-7,12H2,1H3. The minimum absolute atomic E-state index is 0.667. The van der Waals surface area contributed by atoms with Gasteiger partial charge in [-0.15, -0.1) is 0 Å². The fourth-order valence-corrected chi connectivity index (χ4v) is 3.42. The van der Waals surface area contributed by atoms with E-state index in [1.807, 2.05) is 34.9 Å². The number of rotatable bonds is 4. The van der Waals surface area contributed by atoms with Crippen LogP contribution < -0.4 is 0 Å². The summed E-state index contributed by atoms with van der Waals surface area (Å²) >= 11 is 0. The van der Waals surface area contributed by atoms with Gasteiger partial charge in [-0.1, -0.05) is 18.2 Å². The van der Waals surface area contributed by atoms with E-state index in [0.29, 0.717) is 5.92 Å². The van der Waals surface area contributed by atoms with Crippen molar-refractivity contribution in [2.45, 2.75) is 25.3 Å².